The van der Waals surface area contributed by atoms with Crippen LogP contribution >= 0.6 is 12.2 Å². The van der Waals surface area contributed by atoms with Crippen LogP contribution in [0.5, 0.6) is 11.5 Å². The summed E-state index contributed by atoms with van der Waals surface area (Å²) < 4.78 is 17.3. The number of para-hydroxylation sites is 2. The van der Waals surface area contributed by atoms with Gasteiger partial charge in [-0.3, -0.25) is 4.79 Å². The van der Waals surface area contributed by atoms with Crippen molar-refractivity contribution >= 4 is 35.3 Å². The van der Waals surface area contributed by atoms with E-state index in [2.05, 4.69) is 5.92 Å². The highest BCUT2D eigenvalue weighted by molar-refractivity contribution is 7.71. The Balaban J connectivity index is 2.01. The lowest BCUT2D eigenvalue weighted by Crippen LogP contribution is -2.12. The highest BCUT2D eigenvalue weighted by atomic mass is 32.1. The summed E-state index contributed by atoms with van der Waals surface area (Å²) in [5.74, 6) is 2.69. The highest BCUT2D eigenvalue weighted by Crippen LogP contribution is 2.29. The second-order valence-corrected chi connectivity index (χ2v) is 5.90. The summed E-state index contributed by atoms with van der Waals surface area (Å²) in [7, 11) is 1.48. The molecule has 0 saturated carbocycles. The number of methoxy groups -OCH3 is 1. The number of fused-ring (bicyclic) bond motifs is 1. The Kier molecular flexibility index (Phi) is 5.59. The summed E-state index contributed by atoms with van der Waals surface area (Å²) >= 11 is 5.14. The van der Waals surface area contributed by atoms with Gasteiger partial charge in [-0.25, -0.2) is 4.57 Å². The molecule has 7 heteroatoms. The van der Waals surface area contributed by atoms with Crippen molar-refractivity contribution in [3.8, 4) is 29.9 Å². The molecule has 3 rings (SSSR count). The van der Waals surface area contributed by atoms with E-state index in [0.717, 1.165) is 0 Å². The second-order valence-electron chi connectivity index (χ2n) is 5.55. The van der Waals surface area contributed by atoms with Crippen LogP contribution in [0.15, 0.2) is 52.5 Å². The van der Waals surface area contributed by atoms with Crippen molar-refractivity contribution in [3.63, 3.8) is 0 Å². The maximum atomic E-state index is 12.9. The molecule has 28 heavy (non-hydrogen) atoms. The van der Waals surface area contributed by atoms with Gasteiger partial charge in [-0.1, -0.05) is 24.1 Å². The van der Waals surface area contributed by atoms with Crippen LogP contribution in [-0.4, -0.2) is 24.2 Å². The fraction of sp³-hybridized carbons (Fsp3) is 0.0952. The molecule has 0 aliphatic carbocycles. The number of terminal acetylenes is 1. The van der Waals surface area contributed by atoms with Crippen molar-refractivity contribution in [2.24, 2.45) is 0 Å². The smallest absolute Gasteiger partial charge is 0.276 e. The fourth-order valence-corrected chi connectivity index (χ4v) is 2.87. The fourth-order valence-electron chi connectivity index (χ4n) is 2.60. The van der Waals surface area contributed by atoms with Crippen molar-refractivity contribution in [1.29, 1.82) is 5.26 Å². The molecule has 138 valence electrons. The molecule has 0 saturated heterocycles. The molecule has 0 spiro atoms. The number of carbonyl (C=O) groups excluding carboxylic acids is 1. The molecule has 0 aliphatic heterocycles. The van der Waals surface area contributed by atoms with E-state index in [9.17, 15) is 10.1 Å². The molecule has 0 radical (unpaired) electrons. The lowest BCUT2D eigenvalue weighted by molar-refractivity contribution is 0.0960. The minimum atomic E-state index is -0.580. The number of nitrogens with zero attached hydrogens (tertiary/aromatic N) is 2. The highest BCUT2D eigenvalue weighted by Gasteiger charge is 2.18. The topological polar surface area (TPSA) is 77.4 Å². The van der Waals surface area contributed by atoms with Crippen LogP contribution in [0.4, 0.5) is 0 Å². The largest absolute Gasteiger partial charge is 0.493 e. The van der Waals surface area contributed by atoms with E-state index in [4.69, 9.17) is 32.5 Å². The Morgan fingerprint density at radius 1 is 1.32 bits per heavy atom. The third-order valence-corrected chi connectivity index (χ3v) is 4.12. The Hall–Kier alpha value is -3.81. The Labute approximate surface area is 166 Å². The van der Waals surface area contributed by atoms with Crippen LogP contribution in [-0.2, 0) is 0 Å². The van der Waals surface area contributed by atoms with Crippen LogP contribution in [0.25, 0.3) is 17.2 Å². The maximum Gasteiger partial charge on any atom is 0.276 e. The molecule has 2 aromatic carbocycles. The van der Waals surface area contributed by atoms with Gasteiger partial charge in [-0.05, 0) is 48.1 Å². The van der Waals surface area contributed by atoms with E-state index in [-0.39, 0.29) is 17.0 Å². The first-order valence-electron chi connectivity index (χ1n) is 8.10. The van der Waals surface area contributed by atoms with Crippen molar-refractivity contribution in [3.05, 3.63) is 58.4 Å². The van der Waals surface area contributed by atoms with Crippen molar-refractivity contribution < 1.29 is 18.7 Å². The van der Waals surface area contributed by atoms with Gasteiger partial charge < -0.3 is 13.9 Å². The molecule has 0 atom stereocenters. The van der Waals surface area contributed by atoms with E-state index in [1.165, 1.54) is 17.8 Å². The summed E-state index contributed by atoms with van der Waals surface area (Å²) in [5.41, 5.74) is 1.43. The zero-order valence-electron chi connectivity index (χ0n) is 14.8. The number of ether oxygens (including phenoxy) is 2. The van der Waals surface area contributed by atoms with Gasteiger partial charge in [0.2, 0.25) is 0 Å². The average molecular weight is 390 g/mol. The molecule has 0 aliphatic rings. The van der Waals surface area contributed by atoms with Gasteiger partial charge in [-0.2, -0.15) is 5.26 Å². The maximum absolute atomic E-state index is 12.9. The van der Waals surface area contributed by atoms with Gasteiger partial charge in [0.25, 0.3) is 10.7 Å². The molecule has 0 unspecified atom stereocenters. The van der Waals surface area contributed by atoms with Crippen LogP contribution in [0.2, 0.25) is 0 Å². The molecular formula is C21H14N2O4S. The Morgan fingerprint density at radius 2 is 2.11 bits per heavy atom. The molecule has 0 fully saturated rings. The van der Waals surface area contributed by atoms with Crippen LogP contribution in [0, 0.1) is 28.5 Å². The lowest BCUT2D eigenvalue weighted by atomic mass is 10.1. The summed E-state index contributed by atoms with van der Waals surface area (Å²) in [5, 5.41) is 9.52. The van der Waals surface area contributed by atoms with Gasteiger partial charge in [0.15, 0.2) is 17.1 Å². The van der Waals surface area contributed by atoms with Crippen molar-refractivity contribution in [2.45, 2.75) is 0 Å². The SMILES string of the molecule is C#CCOc1ccc(/C=C(\C#N)C(=O)n2c(=S)oc3ccccc32)cc1OC. The van der Waals surface area contributed by atoms with E-state index in [0.29, 0.717) is 28.2 Å². The van der Waals surface area contributed by atoms with E-state index in [1.807, 2.05) is 6.07 Å². The van der Waals surface area contributed by atoms with Crippen LogP contribution in [0.1, 0.15) is 10.4 Å². The minimum Gasteiger partial charge on any atom is -0.493 e. The van der Waals surface area contributed by atoms with Gasteiger partial charge in [-0.15, -0.1) is 6.42 Å². The molecule has 6 nitrogen and oxygen atoms in total. The molecule has 1 aromatic heterocycles. The van der Waals surface area contributed by atoms with Gasteiger partial charge in [0.05, 0.1) is 12.6 Å². The number of hydrogen-bond donors (Lipinski definition) is 0. The number of hydrogen-bond acceptors (Lipinski definition) is 6. The monoisotopic (exact) mass is 390 g/mol. The number of benzene rings is 2. The number of nitriles is 1. The third-order valence-electron chi connectivity index (χ3n) is 3.85. The van der Waals surface area contributed by atoms with Gasteiger partial charge in [0, 0.05) is 0 Å². The van der Waals surface area contributed by atoms with Crippen LogP contribution < -0.4 is 9.47 Å². The normalized spacial score (nSPS) is 10.9. The van der Waals surface area contributed by atoms with Gasteiger partial charge in [0.1, 0.15) is 18.2 Å². The Morgan fingerprint density at radius 3 is 2.82 bits per heavy atom. The van der Waals surface area contributed by atoms with E-state index >= 15 is 0 Å². The molecule has 3 aromatic rings. The van der Waals surface area contributed by atoms with E-state index in [1.54, 1.807) is 42.5 Å². The quantitative estimate of drug-likeness (QED) is 0.281. The standard InChI is InChI=1S/C21H14N2O4S/c1-3-10-26-18-9-8-14(12-19(18)25-2)11-15(13-22)20(24)23-16-6-4-5-7-17(16)27-21(23)28/h1,4-9,11-12H,10H2,2H3/b15-11+. The first-order valence-corrected chi connectivity index (χ1v) is 8.51. The molecule has 0 amide bonds. The number of oxazole rings is 1. The zero-order chi connectivity index (χ0) is 20.1. The number of aromatic nitrogens is 1. The number of allylic oxidation sites excluding steroid dienone is 1. The summed E-state index contributed by atoms with van der Waals surface area (Å²) in [6, 6.07) is 13.8. The second kappa shape index (κ2) is 8.26. The predicted molar refractivity (Wildman–Crippen MR) is 107 cm³/mol. The minimum absolute atomic E-state index is 0.0250. The van der Waals surface area contributed by atoms with Crippen LogP contribution in [0.3, 0.4) is 0 Å². The lowest BCUT2D eigenvalue weighted by Gasteiger charge is -2.09. The van der Waals surface area contributed by atoms with Crippen molar-refractivity contribution in [1.82, 2.24) is 4.57 Å². The third kappa shape index (κ3) is 3.66. The molecule has 1 heterocycles. The van der Waals surface area contributed by atoms with Gasteiger partial charge >= 0.3 is 0 Å². The summed E-state index contributed by atoms with van der Waals surface area (Å²) in [6.07, 6.45) is 6.64. The predicted octanol–water partition coefficient (Wildman–Crippen LogP) is 4.23. The van der Waals surface area contributed by atoms with E-state index < -0.39 is 5.91 Å². The molecule has 0 bridgehead atoms. The molecule has 0 N–H and O–H groups in total. The average Bonchev–Trinajstić information content (AvgIpc) is 3.05. The summed E-state index contributed by atoms with van der Waals surface area (Å²) in [4.78, 5) is 12.9. The summed E-state index contributed by atoms with van der Waals surface area (Å²) in [6.45, 7) is 0.0965. The number of rotatable bonds is 5. The van der Waals surface area contributed by atoms with Crippen molar-refractivity contribution in [2.75, 3.05) is 13.7 Å². The molecular weight excluding hydrogens is 376 g/mol. The first-order chi connectivity index (χ1) is 13.6. The zero-order valence-corrected chi connectivity index (χ0v) is 15.7. The number of carbonyl (C=O) groups is 1. The Bertz CT molecular complexity index is 1220. The first kappa shape index (κ1) is 19.0.